The fourth-order valence-electron chi connectivity index (χ4n) is 8.08. The fourth-order valence-corrected chi connectivity index (χ4v) is 8.53. The van der Waals surface area contributed by atoms with Gasteiger partial charge < -0.3 is 14.6 Å². The van der Waals surface area contributed by atoms with Gasteiger partial charge in [-0.05, 0) is 72.4 Å². The zero-order valence-corrected chi connectivity index (χ0v) is 27.8. The molecule has 3 aromatic rings. The van der Waals surface area contributed by atoms with Crippen molar-refractivity contribution < 1.29 is 39.0 Å². The molecule has 4 aliphatic rings. The largest absolute Gasteiger partial charge is 0.504 e. The van der Waals surface area contributed by atoms with E-state index in [1.807, 2.05) is 12.2 Å². The van der Waals surface area contributed by atoms with Gasteiger partial charge in [0, 0.05) is 10.9 Å². The van der Waals surface area contributed by atoms with Crippen molar-refractivity contribution in [3.8, 4) is 17.2 Å². The van der Waals surface area contributed by atoms with Crippen molar-refractivity contribution in [3.05, 3.63) is 99.6 Å². The summed E-state index contributed by atoms with van der Waals surface area (Å²) in [5, 5.41) is 22.3. The number of hydroxylamine groups is 2. The van der Waals surface area contributed by atoms with Gasteiger partial charge in [0.2, 0.25) is 0 Å². The molecule has 6 atom stereocenters. The second kappa shape index (κ2) is 12.2. The highest BCUT2D eigenvalue weighted by atomic mass is 35.5. The molecule has 11 nitrogen and oxygen atoms in total. The number of fused-ring (bicyclic) bond motifs is 4. The van der Waals surface area contributed by atoms with Crippen LogP contribution in [-0.2, 0) is 24.6 Å². The minimum absolute atomic E-state index is 0.0507. The van der Waals surface area contributed by atoms with Crippen LogP contribution in [0.3, 0.4) is 0 Å². The molecule has 4 amide bonds. The molecular formula is C36H31Cl2N3O8. The Bertz CT molecular complexity index is 1960. The Kier molecular flexibility index (Phi) is 8.17. The Morgan fingerprint density at radius 3 is 2.37 bits per heavy atom. The lowest BCUT2D eigenvalue weighted by Gasteiger charge is -2.49. The number of halogens is 2. The summed E-state index contributed by atoms with van der Waals surface area (Å²) >= 11 is 12.6. The zero-order chi connectivity index (χ0) is 34.8. The SMILES string of the molecule is COc1ccc(C23C(=O)N(Nc4ccc(Cl)cc4Cl)C(=O)C2CC2C(=CCC4C(=O)N(O)C(=O)C42)C3C=Cc2ccc(O)c(OC)c2)cc1. The van der Waals surface area contributed by atoms with E-state index in [9.17, 15) is 24.7 Å². The molecule has 252 valence electrons. The van der Waals surface area contributed by atoms with Crippen molar-refractivity contribution in [3.63, 3.8) is 0 Å². The number of imide groups is 2. The maximum atomic E-state index is 15.1. The smallest absolute Gasteiger partial charge is 0.260 e. The lowest BCUT2D eigenvalue weighted by Crippen LogP contribution is -2.54. The van der Waals surface area contributed by atoms with E-state index in [1.165, 1.54) is 26.4 Å². The number of hydrazine groups is 1. The topological polar surface area (TPSA) is 146 Å². The number of hydrogen-bond donors (Lipinski definition) is 3. The summed E-state index contributed by atoms with van der Waals surface area (Å²) in [4.78, 5) is 56.0. The first-order valence-corrected chi connectivity index (χ1v) is 16.3. The molecule has 13 heteroatoms. The molecule has 6 unspecified atom stereocenters. The normalized spacial score (nSPS) is 27.6. The van der Waals surface area contributed by atoms with Gasteiger partial charge in [-0.1, -0.05) is 65.2 Å². The molecule has 2 aliphatic carbocycles. The van der Waals surface area contributed by atoms with E-state index in [2.05, 4.69) is 5.43 Å². The Hall–Kier alpha value is -4.84. The van der Waals surface area contributed by atoms with Gasteiger partial charge in [0.05, 0.1) is 48.1 Å². The number of methoxy groups -OCH3 is 2. The Labute approximate surface area is 291 Å². The van der Waals surface area contributed by atoms with Crippen LogP contribution in [0, 0.1) is 29.6 Å². The van der Waals surface area contributed by atoms with Crippen molar-refractivity contribution in [1.29, 1.82) is 0 Å². The maximum absolute atomic E-state index is 15.1. The molecule has 3 N–H and O–H groups in total. The monoisotopic (exact) mass is 703 g/mol. The van der Waals surface area contributed by atoms with E-state index in [1.54, 1.807) is 54.6 Å². The van der Waals surface area contributed by atoms with Gasteiger partial charge in [-0.15, -0.1) is 0 Å². The quantitative estimate of drug-likeness (QED) is 0.162. The number of rotatable bonds is 7. The van der Waals surface area contributed by atoms with Gasteiger partial charge in [0.25, 0.3) is 23.6 Å². The van der Waals surface area contributed by atoms with E-state index in [0.717, 1.165) is 5.01 Å². The predicted octanol–water partition coefficient (Wildman–Crippen LogP) is 5.64. The van der Waals surface area contributed by atoms with Crippen LogP contribution in [0.15, 0.2) is 78.4 Å². The third-order valence-corrected chi connectivity index (χ3v) is 10.9. The lowest BCUT2D eigenvalue weighted by atomic mass is 9.50. The number of carbonyl (C=O) groups is 4. The highest BCUT2D eigenvalue weighted by Gasteiger charge is 2.69. The number of ether oxygens (including phenoxy) is 2. The van der Waals surface area contributed by atoms with E-state index in [4.69, 9.17) is 32.7 Å². The molecule has 0 spiro atoms. The standard InChI is InChI=1S/C36H31Cl2N3O8/c1-48-21-8-5-19(6-9-21)36-25(12-3-18-4-14-29(42)30(15-18)49-2)22-10-11-23-31(34(45)41(47)32(23)43)24(22)17-26(36)33(44)40(35(36)46)39-28-13-7-20(37)16-27(28)38/h3-10,12-16,23-26,31,39,42,47H,11,17H2,1-2H3. The molecule has 0 radical (unpaired) electrons. The molecule has 0 bridgehead atoms. The van der Waals surface area contributed by atoms with E-state index in [0.29, 0.717) is 27.5 Å². The molecule has 2 aliphatic heterocycles. The van der Waals surface area contributed by atoms with E-state index >= 15 is 4.79 Å². The van der Waals surface area contributed by atoms with Crippen molar-refractivity contribution >= 4 is 58.6 Å². The molecule has 2 saturated heterocycles. The molecule has 3 aromatic carbocycles. The summed E-state index contributed by atoms with van der Waals surface area (Å²) in [5.41, 5.74) is 3.59. The number of phenols is 1. The van der Waals surface area contributed by atoms with Crippen molar-refractivity contribution in [1.82, 2.24) is 10.1 Å². The molecule has 3 fully saturated rings. The van der Waals surface area contributed by atoms with Crippen LogP contribution in [-0.4, -0.2) is 58.2 Å². The van der Waals surface area contributed by atoms with Crippen LogP contribution in [0.2, 0.25) is 10.0 Å². The molecule has 2 heterocycles. The zero-order valence-electron chi connectivity index (χ0n) is 26.3. The van der Waals surface area contributed by atoms with Crippen molar-refractivity contribution in [2.45, 2.75) is 18.3 Å². The number of carbonyl (C=O) groups excluding carboxylic acids is 4. The minimum Gasteiger partial charge on any atom is -0.504 e. The van der Waals surface area contributed by atoms with Gasteiger partial charge in [0.15, 0.2) is 11.5 Å². The lowest BCUT2D eigenvalue weighted by molar-refractivity contribution is -0.173. The first kappa shape index (κ1) is 32.7. The third kappa shape index (κ3) is 4.98. The van der Waals surface area contributed by atoms with E-state index in [-0.39, 0.29) is 40.1 Å². The van der Waals surface area contributed by atoms with E-state index < -0.39 is 58.6 Å². The number of nitrogens with one attached hydrogen (secondary N) is 1. The first-order valence-electron chi connectivity index (χ1n) is 15.6. The van der Waals surface area contributed by atoms with Crippen LogP contribution < -0.4 is 14.9 Å². The predicted molar refractivity (Wildman–Crippen MR) is 179 cm³/mol. The second-order valence-electron chi connectivity index (χ2n) is 12.5. The highest BCUT2D eigenvalue weighted by molar-refractivity contribution is 6.36. The number of amides is 4. The number of phenolic OH excluding ortho intramolecular Hbond substituents is 1. The average molecular weight is 705 g/mol. The van der Waals surface area contributed by atoms with Crippen molar-refractivity contribution in [2.24, 2.45) is 29.6 Å². The van der Waals surface area contributed by atoms with Crippen LogP contribution in [0.25, 0.3) is 6.08 Å². The number of benzene rings is 3. The Morgan fingerprint density at radius 2 is 1.67 bits per heavy atom. The van der Waals surface area contributed by atoms with Crippen LogP contribution in [0.4, 0.5) is 5.69 Å². The summed E-state index contributed by atoms with van der Waals surface area (Å²) in [6.45, 7) is 0. The minimum atomic E-state index is -1.52. The van der Waals surface area contributed by atoms with Crippen LogP contribution in [0.1, 0.15) is 24.0 Å². The third-order valence-electron chi connectivity index (χ3n) is 10.3. The van der Waals surface area contributed by atoms with Gasteiger partial charge >= 0.3 is 0 Å². The molecule has 0 aromatic heterocycles. The van der Waals surface area contributed by atoms with Gasteiger partial charge in [-0.2, -0.15) is 10.1 Å². The number of anilines is 1. The summed E-state index contributed by atoms with van der Waals surface area (Å²) in [6, 6.07) is 16.4. The van der Waals surface area contributed by atoms with Crippen LogP contribution >= 0.6 is 23.2 Å². The first-order chi connectivity index (χ1) is 23.5. The average Bonchev–Trinajstić information content (AvgIpc) is 3.45. The fraction of sp³-hybridized carbons (Fsp3) is 0.278. The second-order valence-corrected chi connectivity index (χ2v) is 13.4. The Balaban J connectivity index is 1.44. The summed E-state index contributed by atoms with van der Waals surface area (Å²) in [5.74, 6) is -5.91. The highest BCUT2D eigenvalue weighted by Crippen LogP contribution is 2.61. The molecular weight excluding hydrogens is 673 g/mol. The number of aromatic hydroxyl groups is 1. The van der Waals surface area contributed by atoms with Gasteiger partial charge in [-0.3, -0.25) is 29.8 Å². The summed E-state index contributed by atoms with van der Waals surface area (Å²) in [7, 11) is 2.96. The molecule has 7 rings (SSSR count). The number of hydrogen-bond acceptors (Lipinski definition) is 9. The Morgan fingerprint density at radius 1 is 0.918 bits per heavy atom. The van der Waals surface area contributed by atoms with Gasteiger partial charge in [0.1, 0.15) is 5.75 Å². The summed E-state index contributed by atoms with van der Waals surface area (Å²) < 4.78 is 10.7. The number of nitrogens with zero attached hydrogens (tertiary/aromatic N) is 2. The van der Waals surface area contributed by atoms with Gasteiger partial charge in [-0.25, -0.2) is 0 Å². The van der Waals surface area contributed by atoms with Crippen LogP contribution in [0.5, 0.6) is 17.2 Å². The molecule has 49 heavy (non-hydrogen) atoms. The molecule has 1 saturated carbocycles. The number of allylic oxidation sites excluding steroid dienone is 3. The van der Waals surface area contributed by atoms with Crippen molar-refractivity contribution in [2.75, 3.05) is 19.6 Å². The summed E-state index contributed by atoms with van der Waals surface area (Å²) in [6.07, 6.45) is 5.69. The maximum Gasteiger partial charge on any atom is 0.260 e.